The summed E-state index contributed by atoms with van der Waals surface area (Å²) in [6, 6.07) is 0.508. The third-order valence-electron chi connectivity index (χ3n) is 3.86. The summed E-state index contributed by atoms with van der Waals surface area (Å²) in [5.41, 5.74) is 1.20. The highest BCUT2D eigenvalue weighted by atomic mass is 15.1. The molecule has 1 aromatic rings. The normalized spacial score (nSPS) is 17.1. The van der Waals surface area contributed by atoms with Gasteiger partial charge in [-0.25, -0.2) is 9.97 Å². The lowest BCUT2D eigenvalue weighted by Crippen LogP contribution is -2.31. The lowest BCUT2D eigenvalue weighted by Gasteiger charge is -2.32. The molecule has 0 saturated heterocycles. The maximum absolute atomic E-state index is 4.41. The van der Waals surface area contributed by atoms with Crippen molar-refractivity contribution in [2.45, 2.75) is 52.5 Å². The minimum absolute atomic E-state index is 0.508. The lowest BCUT2D eigenvalue weighted by atomic mass is 9.80. The zero-order valence-electron chi connectivity index (χ0n) is 11.7. The zero-order chi connectivity index (χ0) is 13.0. The molecule has 18 heavy (non-hydrogen) atoms. The molecule has 0 radical (unpaired) electrons. The lowest BCUT2D eigenvalue weighted by molar-refractivity contribution is 0.285. The molecule has 0 aromatic carbocycles. The Morgan fingerprint density at radius 1 is 1.28 bits per heavy atom. The fraction of sp³-hybridized carbons (Fsp3) is 0.714. The predicted molar refractivity (Wildman–Crippen MR) is 76.0 cm³/mol. The highest BCUT2D eigenvalue weighted by molar-refractivity contribution is 5.57. The van der Waals surface area contributed by atoms with Crippen LogP contribution in [0.1, 0.15) is 45.6 Å². The number of hydrogen-bond donors (Lipinski definition) is 2. The van der Waals surface area contributed by atoms with Gasteiger partial charge in [0.1, 0.15) is 18.0 Å². The van der Waals surface area contributed by atoms with E-state index in [4.69, 9.17) is 0 Å². The van der Waals surface area contributed by atoms with Crippen LogP contribution in [0.5, 0.6) is 0 Å². The van der Waals surface area contributed by atoms with E-state index < -0.39 is 0 Å². The molecule has 1 aliphatic rings. The summed E-state index contributed by atoms with van der Waals surface area (Å²) in [7, 11) is 0. The molecule has 0 spiro atoms. The van der Waals surface area contributed by atoms with Crippen LogP contribution in [0.25, 0.3) is 0 Å². The molecule has 4 nitrogen and oxygen atoms in total. The molecule has 1 atom stereocenters. The first-order chi connectivity index (χ1) is 8.76. The smallest absolute Gasteiger partial charge is 0.134 e. The van der Waals surface area contributed by atoms with Crippen LogP contribution >= 0.6 is 0 Å². The molecule has 0 amide bonds. The molecule has 1 aliphatic carbocycles. The second kappa shape index (κ2) is 6.03. The Labute approximate surface area is 110 Å². The second-order valence-electron chi connectivity index (χ2n) is 5.06. The molecule has 1 heterocycles. The minimum atomic E-state index is 0.508. The van der Waals surface area contributed by atoms with Crippen LogP contribution in [-0.2, 0) is 6.42 Å². The van der Waals surface area contributed by atoms with Gasteiger partial charge in [-0.1, -0.05) is 13.3 Å². The molecule has 4 heteroatoms. The summed E-state index contributed by atoms with van der Waals surface area (Å²) in [4.78, 5) is 8.73. The van der Waals surface area contributed by atoms with Crippen LogP contribution in [0.3, 0.4) is 0 Å². The topological polar surface area (TPSA) is 49.8 Å². The van der Waals surface area contributed by atoms with Gasteiger partial charge >= 0.3 is 0 Å². The summed E-state index contributed by atoms with van der Waals surface area (Å²) < 4.78 is 0. The van der Waals surface area contributed by atoms with Gasteiger partial charge in [-0.15, -0.1) is 0 Å². The van der Waals surface area contributed by atoms with Crippen molar-refractivity contribution in [2.24, 2.45) is 5.92 Å². The van der Waals surface area contributed by atoms with E-state index >= 15 is 0 Å². The van der Waals surface area contributed by atoms with Gasteiger partial charge in [-0.3, -0.25) is 0 Å². The highest BCUT2D eigenvalue weighted by Crippen LogP contribution is 2.31. The van der Waals surface area contributed by atoms with E-state index in [-0.39, 0.29) is 0 Å². The standard InChI is InChI=1S/C14H24N4/c1-4-12-13(15-5-2)16-9-17-14(12)18-10(3)11-7-6-8-11/h9-11H,4-8H2,1-3H3,(H2,15,16,17,18). The molecule has 100 valence electrons. The van der Waals surface area contributed by atoms with E-state index in [0.29, 0.717) is 6.04 Å². The fourth-order valence-corrected chi connectivity index (χ4v) is 2.46. The summed E-state index contributed by atoms with van der Waals surface area (Å²) >= 11 is 0. The van der Waals surface area contributed by atoms with Crippen LogP contribution in [-0.4, -0.2) is 22.6 Å². The number of nitrogens with zero attached hydrogens (tertiary/aromatic N) is 2. The molecule has 0 bridgehead atoms. The molecular weight excluding hydrogens is 224 g/mol. The summed E-state index contributed by atoms with van der Waals surface area (Å²) in [6.07, 6.45) is 6.67. The van der Waals surface area contributed by atoms with Crippen molar-refractivity contribution in [3.63, 3.8) is 0 Å². The maximum atomic E-state index is 4.41. The third-order valence-corrected chi connectivity index (χ3v) is 3.86. The summed E-state index contributed by atoms with van der Waals surface area (Å²) in [5.74, 6) is 2.79. The average Bonchev–Trinajstić information content (AvgIpc) is 2.27. The van der Waals surface area contributed by atoms with Crippen LogP contribution in [0.15, 0.2) is 6.33 Å². The first-order valence-electron chi connectivity index (χ1n) is 7.10. The van der Waals surface area contributed by atoms with Gasteiger partial charge in [0.05, 0.1) is 0 Å². The van der Waals surface area contributed by atoms with Gasteiger partial charge in [-0.05, 0) is 39.0 Å². The molecule has 1 aromatic heterocycles. The Balaban J connectivity index is 2.12. The number of nitrogens with one attached hydrogen (secondary N) is 2. The van der Waals surface area contributed by atoms with Gasteiger partial charge in [0, 0.05) is 18.2 Å². The van der Waals surface area contributed by atoms with Gasteiger partial charge in [0.15, 0.2) is 0 Å². The SMILES string of the molecule is CCNc1ncnc(NC(C)C2CCC2)c1CC. The Morgan fingerprint density at radius 3 is 2.56 bits per heavy atom. The molecular formula is C14H24N4. The van der Waals surface area contributed by atoms with Crippen molar-refractivity contribution in [1.82, 2.24) is 9.97 Å². The van der Waals surface area contributed by atoms with E-state index in [2.05, 4.69) is 41.4 Å². The Bertz CT molecular complexity index is 387. The van der Waals surface area contributed by atoms with E-state index in [0.717, 1.165) is 30.5 Å². The molecule has 0 aliphatic heterocycles. The molecule has 1 unspecified atom stereocenters. The summed E-state index contributed by atoms with van der Waals surface area (Å²) in [5, 5.41) is 6.88. The molecule has 1 fully saturated rings. The fourth-order valence-electron chi connectivity index (χ4n) is 2.46. The molecule has 2 rings (SSSR count). The van der Waals surface area contributed by atoms with E-state index in [1.165, 1.54) is 24.8 Å². The van der Waals surface area contributed by atoms with E-state index in [1.54, 1.807) is 6.33 Å². The zero-order valence-corrected chi connectivity index (χ0v) is 11.7. The monoisotopic (exact) mass is 248 g/mol. The van der Waals surface area contributed by atoms with Gasteiger partial charge in [0.25, 0.3) is 0 Å². The van der Waals surface area contributed by atoms with Crippen molar-refractivity contribution in [2.75, 3.05) is 17.2 Å². The number of hydrogen-bond acceptors (Lipinski definition) is 4. The quantitative estimate of drug-likeness (QED) is 0.812. The Hall–Kier alpha value is -1.32. The number of anilines is 2. The third kappa shape index (κ3) is 2.74. The van der Waals surface area contributed by atoms with Crippen molar-refractivity contribution >= 4 is 11.6 Å². The Morgan fingerprint density at radius 2 is 2.00 bits per heavy atom. The molecule has 1 saturated carbocycles. The van der Waals surface area contributed by atoms with E-state index in [1.807, 2.05) is 0 Å². The highest BCUT2D eigenvalue weighted by Gasteiger charge is 2.24. The van der Waals surface area contributed by atoms with Crippen molar-refractivity contribution in [3.8, 4) is 0 Å². The average molecular weight is 248 g/mol. The van der Waals surface area contributed by atoms with Crippen molar-refractivity contribution in [1.29, 1.82) is 0 Å². The van der Waals surface area contributed by atoms with Crippen LogP contribution in [0.4, 0.5) is 11.6 Å². The van der Waals surface area contributed by atoms with Gasteiger partial charge in [0.2, 0.25) is 0 Å². The Kier molecular flexibility index (Phi) is 4.39. The first-order valence-corrected chi connectivity index (χ1v) is 7.10. The largest absolute Gasteiger partial charge is 0.370 e. The number of rotatable bonds is 6. The van der Waals surface area contributed by atoms with Crippen molar-refractivity contribution in [3.05, 3.63) is 11.9 Å². The van der Waals surface area contributed by atoms with Gasteiger partial charge in [-0.2, -0.15) is 0 Å². The first kappa shape index (κ1) is 13.1. The number of aromatic nitrogens is 2. The maximum Gasteiger partial charge on any atom is 0.134 e. The molecule has 2 N–H and O–H groups in total. The van der Waals surface area contributed by atoms with E-state index in [9.17, 15) is 0 Å². The summed E-state index contributed by atoms with van der Waals surface area (Å²) in [6.45, 7) is 7.39. The second-order valence-corrected chi connectivity index (χ2v) is 5.06. The van der Waals surface area contributed by atoms with Crippen LogP contribution in [0.2, 0.25) is 0 Å². The predicted octanol–water partition coefficient (Wildman–Crippen LogP) is 3.07. The minimum Gasteiger partial charge on any atom is -0.370 e. The van der Waals surface area contributed by atoms with Crippen LogP contribution in [0, 0.1) is 5.92 Å². The van der Waals surface area contributed by atoms with Crippen molar-refractivity contribution < 1.29 is 0 Å². The van der Waals surface area contributed by atoms with Gasteiger partial charge < -0.3 is 10.6 Å². The van der Waals surface area contributed by atoms with Crippen LogP contribution < -0.4 is 10.6 Å².